The summed E-state index contributed by atoms with van der Waals surface area (Å²) in [4.78, 5) is 7.07. The van der Waals surface area contributed by atoms with E-state index in [-0.39, 0.29) is 0 Å². The molecule has 2 aliphatic rings. The van der Waals surface area contributed by atoms with E-state index in [0.717, 1.165) is 61.5 Å². The van der Waals surface area contributed by atoms with E-state index in [1.165, 1.54) is 19.3 Å². The monoisotopic (exact) mass is 388 g/mol. The molecule has 2 N–H and O–H groups in total. The lowest BCUT2D eigenvalue weighted by Crippen LogP contribution is -2.49. The Balaban J connectivity index is 1.52. The van der Waals surface area contributed by atoms with Crippen molar-refractivity contribution in [2.75, 3.05) is 38.8 Å². The lowest BCUT2D eigenvalue weighted by molar-refractivity contribution is 0.393. The van der Waals surface area contributed by atoms with Crippen molar-refractivity contribution >= 4 is 11.6 Å². The van der Waals surface area contributed by atoms with Crippen molar-refractivity contribution in [1.82, 2.24) is 10.6 Å². The maximum absolute atomic E-state index is 5.41. The zero-order valence-corrected chi connectivity index (χ0v) is 17.8. The molecule has 0 amide bonds. The molecule has 2 atom stereocenters. The van der Waals surface area contributed by atoms with Crippen LogP contribution in [0.4, 0.5) is 5.69 Å². The number of rotatable bonds is 8. The Bertz CT molecular complexity index is 634. The molecule has 1 aliphatic heterocycles. The summed E-state index contributed by atoms with van der Waals surface area (Å²) in [5.74, 6) is 3.50. The van der Waals surface area contributed by atoms with Gasteiger partial charge in [0.1, 0.15) is 11.5 Å². The fourth-order valence-electron chi connectivity index (χ4n) is 4.03. The van der Waals surface area contributed by atoms with Crippen LogP contribution in [0.15, 0.2) is 23.2 Å². The Hall–Kier alpha value is -2.11. The van der Waals surface area contributed by atoms with Crippen LogP contribution in [0, 0.1) is 5.92 Å². The Morgan fingerprint density at radius 3 is 2.32 bits per heavy atom. The predicted octanol–water partition coefficient (Wildman–Crippen LogP) is 3.42. The van der Waals surface area contributed by atoms with Crippen molar-refractivity contribution in [3.63, 3.8) is 0 Å². The molecule has 1 aliphatic carbocycles. The van der Waals surface area contributed by atoms with Gasteiger partial charge in [-0.2, -0.15) is 0 Å². The standard InChI is InChI=1S/C22H36N4O2/c1-5-7-16-12-21(16)25-22(23-6-2)24-17-8-10-26(11-9-17)18-13-19(27-3)15-20(14-18)28-4/h13-17,21H,5-12H2,1-4H3,(H2,23,24,25). The van der Waals surface area contributed by atoms with Crippen LogP contribution in [0.2, 0.25) is 0 Å². The van der Waals surface area contributed by atoms with Crippen molar-refractivity contribution < 1.29 is 9.47 Å². The number of nitrogens with one attached hydrogen (secondary N) is 2. The SMILES string of the molecule is CCCC1CC1NC(=NCC)NC1CCN(c2cc(OC)cc(OC)c2)CC1. The van der Waals surface area contributed by atoms with E-state index in [0.29, 0.717) is 12.1 Å². The fourth-order valence-corrected chi connectivity index (χ4v) is 4.03. The molecular formula is C22H36N4O2. The molecule has 1 aromatic rings. The lowest BCUT2D eigenvalue weighted by atomic mass is 10.0. The number of methoxy groups -OCH3 is 2. The van der Waals surface area contributed by atoms with Gasteiger partial charge in [0, 0.05) is 55.6 Å². The first-order valence-corrected chi connectivity index (χ1v) is 10.7. The molecule has 28 heavy (non-hydrogen) atoms. The summed E-state index contributed by atoms with van der Waals surface area (Å²) in [7, 11) is 3.39. The molecule has 1 heterocycles. The second-order valence-electron chi connectivity index (χ2n) is 7.83. The summed E-state index contributed by atoms with van der Waals surface area (Å²) in [5.41, 5.74) is 1.16. The average Bonchev–Trinajstić information content (AvgIpc) is 3.45. The Morgan fingerprint density at radius 2 is 1.75 bits per heavy atom. The fraction of sp³-hybridized carbons (Fsp3) is 0.682. The van der Waals surface area contributed by atoms with Crippen molar-refractivity contribution in [3.05, 3.63) is 18.2 Å². The Morgan fingerprint density at radius 1 is 1.07 bits per heavy atom. The molecule has 2 fully saturated rings. The van der Waals surface area contributed by atoms with Crippen molar-refractivity contribution in [2.45, 2.75) is 58.0 Å². The number of benzene rings is 1. The molecule has 1 saturated heterocycles. The van der Waals surface area contributed by atoms with Crippen LogP contribution in [0.1, 0.15) is 46.0 Å². The Kier molecular flexibility index (Phi) is 7.29. The molecule has 3 rings (SSSR count). The van der Waals surface area contributed by atoms with Crippen LogP contribution in [-0.4, -0.2) is 51.9 Å². The zero-order valence-electron chi connectivity index (χ0n) is 17.8. The molecule has 1 saturated carbocycles. The molecule has 0 radical (unpaired) electrons. The number of hydrogen-bond acceptors (Lipinski definition) is 4. The number of piperidine rings is 1. The maximum atomic E-state index is 5.41. The van der Waals surface area contributed by atoms with Gasteiger partial charge in [-0.15, -0.1) is 0 Å². The minimum atomic E-state index is 0.463. The van der Waals surface area contributed by atoms with E-state index >= 15 is 0 Å². The summed E-state index contributed by atoms with van der Waals surface area (Å²) >= 11 is 0. The van der Waals surface area contributed by atoms with Crippen LogP contribution in [0.25, 0.3) is 0 Å². The van der Waals surface area contributed by atoms with Crippen LogP contribution in [0.3, 0.4) is 0 Å². The Labute approximate surface area is 169 Å². The van der Waals surface area contributed by atoms with E-state index in [1.807, 2.05) is 6.07 Å². The van der Waals surface area contributed by atoms with Crippen molar-refractivity contribution in [3.8, 4) is 11.5 Å². The van der Waals surface area contributed by atoms with Gasteiger partial charge >= 0.3 is 0 Å². The third-order valence-electron chi connectivity index (χ3n) is 5.76. The number of guanidine groups is 1. The summed E-state index contributed by atoms with van der Waals surface area (Å²) in [6.07, 6.45) is 6.05. The van der Waals surface area contributed by atoms with Crippen LogP contribution in [0.5, 0.6) is 11.5 Å². The van der Waals surface area contributed by atoms with Crippen LogP contribution < -0.4 is 25.0 Å². The summed E-state index contributed by atoms with van der Waals surface area (Å²) in [5, 5.41) is 7.31. The summed E-state index contributed by atoms with van der Waals surface area (Å²) < 4.78 is 10.8. The van der Waals surface area contributed by atoms with Gasteiger partial charge in [0.25, 0.3) is 0 Å². The third kappa shape index (κ3) is 5.46. The minimum absolute atomic E-state index is 0.463. The molecule has 0 spiro atoms. The van der Waals surface area contributed by atoms with E-state index in [2.05, 4.69) is 46.5 Å². The highest BCUT2D eigenvalue weighted by Crippen LogP contribution is 2.34. The van der Waals surface area contributed by atoms with Gasteiger partial charge in [0.2, 0.25) is 0 Å². The summed E-state index contributed by atoms with van der Waals surface area (Å²) in [6.45, 7) is 7.19. The average molecular weight is 389 g/mol. The van der Waals surface area contributed by atoms with Gasteiger partial charge in [0.05, 0.1) is 14.2 Å². The third-order valence-corrected chi connectivity index (χ3v) is 5.76. The second-order valence-corrected chi connectivity index (χ2v) is 7.83. The van der Waals surface area contributed by atoms with Crippen molar-refractivity contribution in [2.24, 2.45) is 10.9 Å². The van der Waals surface area contributed by atoms with Gasteiger partial charge in [0.15, 0.2) is 5.96 Å². The highest BCUT2D eigenvalue weighted by molar-refractivity contribution is 5.80. The number of anilines is 1. The normalized spacial score (nSPS) is 22.7. The molecule has 0 aromatic heterocycles. The second kappa shape index (κ2) is 9.89. The van der Waals surface area contributed by atoms with Gasteiger partial charge in [-0.25, -0.2) is 0 Å². The molecule has 6 heteroatoms. The van der Waals surface area contributed by atoms with E-state index in [9.17, 15) is 0 Å². The topological polar surface area (TPSA) is 58.1 Å². The largest absolute Gasteiger partial charge is 0.497 e. The molecule has 6 nitrogen and oxygen atoms in total. The van der Waals surface area contributed by atoms with Crippen LogP contribution in [-0.2, 0) is 0 Å². The van der Waals surface area contributed by atoms with Crippen molar-refractivity contribution in [1.29, 1.82) is 0 Å². The number of nitrogens with zero attached hydrogens (tertiary/aromatic N) is 2. The predicted molar refractivity (Wildman–Crippen MR) is 116 cm³/mol. The first kappa shape index (κ1) is 20.6. The highest BCUT2D eigenvalue weighted by Gasteiger charge is 2.37. The first-order valence-electron chi connectivity index (χ1n) is 10.7. The van der Waals surface area contributed by atoms with Crippen LogP contribution >= 0.6 is 0 Å². The molecule has 156 valence electrons. The van der Waals surface area contributed by atoms with Gasteiger partial charge in [-0.05, 0) is 38.5 Å². The van der Waals surface area contributed by atoms with E-state index < -0.39 is 0 Å². The van der Waals surface area contributed by atoms with E-state index in [4.69, 9.17) is 9.47 Å². The number of aliphatic imine (C=N–C) groups is 1. The molecular weight excluding hydrogens is 352 g/mol. The van der Waals surface area contributed by atoms with Gasteiger partial charge in [-0.3, -0.25) is 4.99 Å². The molecule has 2 unspecified atom stereocenters. The smallest absolute Gasteiger partial charge is 0.191 e. The molecule has 1 aromatic carbocycles. The highest BCUT2D eigenvalue weighted by atomic mass is 16.5. The number of ether oxygens (including phenoxy) is 2. The number of hydrogen-bond donors (Lipinski definition) is 2. The zero-order chi connectivity index (χ0) is 19.9. The first-order chi connectivity index (χ1) is 13.7. The summed E-state index contributed by atoms with van der Waals surface area (Å²) in [6, 6.07) is 7.17. The van der Waals surface area contributed by atoms with Gasteiger partial charge < -0.3 is 25.0 Å². The van der Waals surface area contributed by atoms with Gasteiger partial charge in [-0.1, -0.05) is 13.3 Å². The quantitative estimate of drug-likeness (QED) is 0.528. The maximum Gasteiger partial charge on any atom is 0.191 e. The minimum Gasteiger partial charge on any atom is -0.497 e. The van der Waals surface area contributed by atoms with E-state index in [1.54, 1.807) is 14.2 Å². The lowest BCUT2D eigenvalue weighted by Gasteiger charge is -2.35. The molecule has 0 bridgehead atoms.